The van der Waals surface area contributed by atoms with Crippen LogP contribution in [0.15, 0.2) is 59.0 Å². The van der Waals surface area contributed by atoms with Crippen LogP contribution >= 0.6 is 11.8 Å². The molecular formula is C25H22FN7O4S2. The normalized spacial score (nSPS) is 15.8. The Morgan fingerprint density at radius 1 is 1.21 bits per heavy atom. The van der Waals surface area contributed by atoms with Crippen molar-refractivity contribution >= 4 is 38.6 Å². The minimum atomic E-state index is -3.96. The van der Waals surface area contributed by atoms with E-state index >= 15 is 0 Å². The maximum absolute atomic E-state index is 14.9. The van der Waals surface area contributed by atoms with Gasteiger partial charge in [0.2, 0.25) is 0 Å². The van der Waals surface area contributed by atoms with E-state index in [2.05, 4.69) is 19.7 Å². The van der Waals surface area contributed by atoms with E-state index in [4.69, 9.17) is 4.74 Å². The van der Waals surface area contributed by atoms with Crippen molar-refractivity contribution in [1.29, 1.82) is 5.26 Å². The number of benzene rings is 2. The van der Waals surface area contributed by atoms with Crippen molar-refractivity contribution in [1.82, 2.24) is 23.8 Å². The molecule has 1 aliphatic heterocycles. The molecule has 3 heterocycles. The summed E-state index contributed by atoms with van der Waals surface area (Å²) in [5.74, 6) is -1.09. The molecule has 2 aromatic carbocycles. The fourth-order valence-corrected chi connectivity index (χ4v) is 5.86. The number of hydrogen-bond donors (Lipinski definition) is 1. The number of ether oxygens (including phenoxy) is 1. The number of halogens is 1. The highest BCUT2D eigenvalue weighted by Gasteiger charge is 2.30. The molecule has 1 N–H and O–H groups in total. The average molecular weight is 568 g/mol. The van der Waals surface area contributed by atoms with Crippen LogP contribution in [-0.4, -0.2) is 51.6 Å². The monoisotopic (exact) mass is 567 g/mol. The molecule has 0 amide bonds. The highest BCUT2D eigenvalue weighted by molar-refractivity contribution is 7.98. The van der Waals surface area contributed by atoms with Crippen molar-refractivity contribution in [2.45, 2.75) is 18.5 Å². The summed E-state index contributed by atoms with van der Waals surface area (Å²) in [5.41, 5.74) is -0.114. The van der Waals surface area contributed by atoms with Crippen LogP contribution in [-0.2, 0) is 10.2 Å². The zero-order valence-electron chi connectivity index (χ0n) is 20.8. The zero-order chi connectivity index (χ0) is 27.7. The fraction of sp³-hybridized carbons (Fsp3) is 0.240. The Hall–Kier alpha value is -4.06. The molecule has 11 nitrogen and oxygen atoms in total. The molecule has 1 aliphatic rings. The molecule has 0 unspecified atom stereocenters. The van der Waals surface area contributed by atoms with Gasteiger partial charge >= 0.3 is 10.2 Å². The van der Waals surface area contributed by atoms with Crippen LogP contribution in [0.1, 0.15) is 18.9 Å². The van der Waals surface area contributed by atoms with Gasteiger partial charge < -0.3 is 4.74 Å². The largest absolute Gasteiger partial charge is 0.453 e. The molecule has 39 heavy (non-hydrogen) atoms. The van der Waals surface area contributed by atoms with Crippen molar-refractivity contribution in [3.63, 3.8) is 0 Å². The minimum Gasteiger partial charge on any atom is -0.453 e. The van der Waals surface area contributed by atoms with E-state index in [1.165, 1.54) is 63.6 Å². The Labute approximate surface area is 227 Å². The highest BCUT2D eigenvalue weighted by atomic mass is 32.2. The predicted molar refractivity (Wildman–Crippen MR) is 144 cm³/mol. The second-order valence-corrected chi connectivity index (χ2v) is 11.3. The quantitative estimate of drug-likeness (QED) is 0.261. The van der Waals surface area contributed by atoms with Gasteiger partial charge in [0.15, 0.2) is 16.7 Å². The van der Waals surface area contributed by atoms with Gasteiger partial charge in [0, 0.05) is 13.1 Å². The molecule has 4 aromatic rings. The van der Waals surface area contributed by atoms with Gasteiger partial charge in [-0.1, -0.05) is 18.7 Å². The SMILES string of the molecule is CSc1ncc(-n2cnc3ccc(Oc4c(F)ccc(NS(=O)(=O)N5CC[C@@H](C)C5)c4C#N)cc3c2=O)cn1. The third kappa shape index (κ3) is 5.29. The number of anilines is 1. The van der Waals surface area contributed by atoms with Gasteiger partial charge in [-0.15, -0.1) is 0 Å². The van der Waals surface area contributed by atoms with Crippen LogP contribution in [0.4, 0.5) is 10.1 Å². The van der Waals surface area contributed by atoms with Gasteiger partial charge in [-0.2, -0.15) is 18.0 Å². The maximum atomic E-state index is 14.9. The third-order valence-corrected chi connectivity index (χ3v) is 8.28. The van der Waals surface area contributed by atoms with Crippen molar-refractivity contribution in [3.8, 4) is 23.3 Å². The number of nitrogens with one attached hydrogen (secondary N) is 1. The molecule has 0 radical (unpaired) electrons. The van der Waals surface area contributed by atoms with Gasteiger partial charge in [-0.3, -0.25) is 14.1 Å². The van der Waals surface area contributed by atoms with Gasteiger partial charge in [-0.25, -0.2) is 19.3 Å². The first kappa shape index (κ1) is 26.5. The van der Waals surface area contributed by atoms with E-state index < -0.39 is 27.3 Å². The Bertz CT molecular complexity index is 1770. The second-order valence-electron chi connectivity index (χ2n) is 8.90. The van der Waals surface area contributed by atoms with E-state index in [9.17, 15) is 22.9 Å². The standard InChI is InChI=1S/C25H22FN7O4S2/c1-15-7-8-32(13-15)39(35,36)31-22-6-4-20(26)23(19(22)10-27)37-17-3-5-21-18(9-17)24(34)33(14-30-21)16-11-28-25(38-2)29-12-16/h3-6,9,11-12,14-15,31H,7-8,13H2,1-2H3/t15-/m1/s1. The molecule has 0 saturated carbocycles. The number of aromatic nitrogens is 4. The number of nitriles is 1. The van der Waals surface area contributed by atoms with Crippen LogP contribution in [0.5, 0.6) is 11.5 Å². The summed E-state index contributed by atoms with van der Waals surface area (Å²) in [6.45, 7) is 2.64. The molecule has 0 spiro atoms. The lowest BCUT2D eigenvalue weighted by Crippen LogP contribution is -2.34. The summed E-state index contributed by atoms with van der Waals surface area (Å²) in [4.78, 5) is 25.9. The second kappa shape index (κ2) is 10.6. The molecular weight excluding hydrogens is 545 g/mol. The third-order valence-electron chi connectivity index (χ3n) is 6.21. The zero-order valence-corrected chi connectivity index (χ0v) is 22.5. The predicted octanol–water partition coefficient (Wildman–Crippen LogP) is 3.70. The summed E-state index contributed by atoms with van der Waals surface area (Å²) in [6.07, 6.45) is 6.90. The fourth-order valence-electron chi connectivity index (χ4n) is 4.18. The first-order valence-electron chi connectivity index (χ1n) is 11.8. The van der Waals surface area contributed by atoms with Crippen LogP contribution in [0.3, 0.4) is 0 Å². The van der Waals surface area contributed by atoms with E-state index in [-0.39, 0.29) is 28.3 Å². The van der Waals surface area contributed by atoms with Crippen molar-refractivity contribution in [2.75, 3.05) is 24.1 Å². The summed E-state index contributed by atoms with van der Waals surface area (Å²) in [6, 6.07) is 8.38. The average Bonchev–Trinajstić information content (AvgIpc) is 3.38. The molecule has 14 heteroatoms. The molecule has 5 rings (SSSR count). The lowest BCUT2D eigenvalue weighted by Gasteiger charge is -2.19. The smallest absolute Gasteiger partial charge is 0.301 e. The summed E-state index contributed by atoms with van der Waals surface area (Å²) < 4.78 is 51.2. The van der Waals surface area contributed by atoms with Crippen molar-refractivity contribution in [2.24, 2.45) is 5.92 Å². The lowest BCUT2D eigenvalue weighted by atomic mass is 10.1. The summed E-state index contributed by atoms with van der Waals surface area (Å²) in [7, 11) is -3.96. The number of hydrogen-bond acceptors (Lipinski definition) is 9. The van der Waals surface area contributed by atoms with E-state index in [0.717, 1.165) is 12.5 Å². The summed E-state index contributed by atoms with van der Waals surface area (Å²) in [5, 5.41) is 10.5. The first-order valence-corrected chi connectivity index (χ1v) is 14.4. The Kier molecular flexibility index (Phi) is 7.21. The molecule has 1 saturated heterocycles. The van der Waals surface area contributed by atoms with E-state index in [1.807, 2.05) is 19.2 Å². The molecule has 1 fully saturated rings. The maximum Gasteiger partial charge on any atom is 0.301 e. The van der Waals surface area contributed by atoms with Crippen molar-refractivity contribution < 1.29 is 17.5 Å². The molecule has 0 aliphatic carbocycles. The van der Waals surface area contributed by atoms with Crippen LogP contribution < -0.4 is 15.0 Å². The van der Waals surface area contributed by atoms with Crippen LogP contribution in [0, 0.1) is 23.1 Å². The number of nitrogens with zero attached hydrogens (tertiary/aromatic N) is 6. The van der Waals surface area contributed by atoms with Crippen LogP contribution in [0.2, 0.25) is 0 Å². The number of rotatable bonds is 7. The van der Waals surface area contributed by atoms with Gasteiger partial charge in [0.1, 0.15) is 23.7 Å². The Balaban J connectivity index is 1.50. The molecule has 0 bridgehead atoms. The topological polar surface area (TPSA) is 143 Å². The number of fused-ring (bicyclic) bond motifs is 1. The molecule has 1 atom stereocenters. The van der Waals surface area contributed by atoms with Crippen LogP contribution in [0.25, 0.3) is 16.6 Å². The van der Waals surface area contributed by atoms with E-state index in [1.54, 1.807) is 0 Å². The first-order chi connectivity index (χ1) is 18.7. The lowest BCUT2D eigenvalue weighted by molar-refractivity contribution is 0.441. The van der Waals surface area contributed by atoms with Gasteiger partial charge in [0.05, 0.1) is 34.7 Å². The Morgan fingerprint density at radius 2 is 1.97 bits per heavy atom. The highest BCUT2D eigenvalue weighted by Crippen LogP contribution is 2.34. The van der Waals surface area contributed by atoms with Gasteiger partial charge in [-0.05, 0) is 48.9 Å². The Morgan fingerprint density at radius 3 is 2.64 bits per heavy atom. The van der Waals surface area contributed by atoms with Crippen molar-refractivity contribution in [3.05, 3.63) is 70.8 Å². The molecule has 2 aromatic heterocycles. The molecule has 200 valence electrons. The van der Waals surface area contributed by atoms with E-state index in [0.29, 0.717) is 29.5 Å². The number of thioether (sulfide) groups is 1. The minimum absolute atomic E-state index is 0.0527. The van der Waals surface area contributed by atoms with Gasteiger partial charge in [0.25, 0.3) is 5.56 Å². The summed E-state index contributed by atoms with van der Waals surface area (Å²) >= 11 is 1.36.